The van der Waals surface area contributed by atoms with Crippen LogP contribution in [0.25, 0.3) is 0 Å². The minimum Gasteiger partial charge on any atom is -0.380 e. The summed E-state index contributed by atoms with van der Waals surface area (Å²) < 4.78 is 19.6. The highest BCUT2D eigenvalue weighted by Gasteiger charge is 2.01. The molecule has 0 saturated carbocycles. The quantitative estimate of drug-likeness (QED) is 0.767. The van der Waals surface area contributed by atoms with E-state index in [2.05, 4.69) is 35.1 Å². The summed E-state index contributed by atoms with van der Waals surface area (Å²) in [5.41, 5.74) is 0.506. The molecule has 0 aliphatic rings. The number of benzene rings is 1. The smallest absolute Gasteiger partial charge is 0.146 e. The molecule has 0 aliphatic heterocycles. The van der Waals surface area contributed by atoms with Gasteiger partial charge in [-0.15, -0.1) is 0 Å². The molecule has 2 nitrogen and oxygen atoms in total. The largest absolute Gasteiger partial charge is 0.380 e. The third kappa shape index (κ3) is 6.03. The molecule has 0 aliphatic carbocycles. The molecular formula is C13H19BrFNO. The Morgan fingerprint density at radius 2 is 2.12 bits per heavy atom. The van der Waals surface area contributed by atoms with Gasteiger partial charge in [-0.25, -0.2) is 4.39 Å². The average Bonchev–Trinajstić information content (AvgIpc) is 2.27. The van der Waals surface area contributed by atoms with Crippen molar-refractivity contribution in [1.82, 2.24) is 0 Å². The maximum atomic E-state index is 13.3. The Morgan fingerprint density at radius 3 is 2.82 bits per heavy atom. The van der Waals surface area contributed by atoms with Gasteiger partial charge in [0.05, 0.1) is 12.3 Å². The number of anilines is 1. The molecule has 0 radical (unpaired) electrons. The van der Waals surface area contributed by atoms with E-state index in [4.69, 9.17) is 4.74 Å². The molecule has 17 heavy (non-hydrogen) atoms. The van der Waals surface area contributed by atoms with E-state index in [1.54, 1.807) is 12.1 Å². The molecular weight excluding hydrogens is 285 g/mol. The van der Waals surface area contributed by atoms with Crippen LogP contribution in [0.5, 0.6) is 0 Å². The molecule has 1 rings (SSSR count). The van der Waals surface area contributed by atoms with Crippen LogP contribution >= 0.6 is 15.9 Å². The Labute approximate surface area is 111 Å². The molecule has 0 unspecified atom stereocenters. The second-order valence-corrected chi connectivity index (χ2v) is 5.26. The van der Waals surface area contributed by atoms with Gasteiger partial charge in [0.25, 0.3) is 0 Å². The first kappa shape index (κ1) is 14.5. The zero-order valence-electron chi connectivity index (χ0n) is 10.3. The lowest BCUT2D eigenvalue weighted by atomic mass is 10.1. The van der Waals surface area contributed by atoms with E-state index < -0.39 is 0 Å². The van der Waals surface area contributed by atoms with Crippen molar-refractivity contribution in [2.24, 2.45) is 5.92 Å². The average molecular weight is 304 g/mol. The Hall–Kier alpha value is -0.610. The van der Waals surface area contributed by atoms with Crippen LogP contribution in [0.4, 0.5) is 10.1 Å². The van der Waals surface area contributed by atoms with Crippen LogP contribution in [0, 0.1) is 11.7 Å². The van der Waals surface area contributed by atoms with Crippen molar-refractivity contribution in [1.29, 1.82) is 0 Å². The third-order valence-corrected chi connectivity index (χ3v) is 2.82. The van der Waals surface area contributed by atoms with Crippen LogP contribution in [0.15, 0.2) is 22.7 Å². The predicted octanol–water partition coefficient (Wildman–Crippen LogP) is 4.06. The van der Waals surface area contributed by atoms with Gasteiger partial charge >= 0.3 is 0 Å². The van der Waals surface area contributed by atoms with E-state index in [1.807, 2.05) is 0 Å². The maximum absolute atomic E-state index is 13.3. The fraction of sp³-hybridized carbons (Fsp3) is 0.538. The Kier molecular flexibility index (Phi) is 6.52. The molecule has 0 spiro atoms. The molecule has 1 N–H and O–H groups in total. The second-order valence-electron chi connectivity index (χ2n) is 4.35. The molecule has 0 aromatic heterocycles. The Bertz CT molecular complexity index is 344. The topological polar surface area (TPSA) is 21.3 Å². The lowest BCUT2D eigenvalue weighted by molar-refractivity contribution is 0.132. The fourth-order valence-corrected chi connectivity index (χ4v) is 1.67. The van der Waals surface area contributed by atoms with E-state index in [0.717, 1.165) is 17.5 Å². The van der Waals surface area contributed by atoms with Crippen LogP contribution in [0.2, 0.25) is 0 Å². The normalized spacial score (nSPS) is 10.9. The summed E-state index contributed by atoms with van der Waals surface area (Å²) in [5.74, 6) is 0.417. The summed E-state index contributed by atoms with van der Waals surface area (Å²) in [4.78, 5) is 0. The van der Waals surface area contributed by atoms with Gasteiger partial charge in [0.1, 0.15) is 5.82 Å². The first-order valence-corrected chi connectivity index (χ1v) is 6.65. The number of rotatable bonds is 7. The van der Waals surface area contributed by atoms with Gasteiger partial charge in [0.15, 0.2) is 0 Å². The highest BCUT2D eigenvalue weighted by molar-refractivity contribution is 9.10. The lowest BCUT2D eigenvalue weighted by Crippen LogP contribution is -2.11. The Balaban J connectivity index is 2.20. The van der Waals surface area contributed by atoms with E-state index in [1.165, 1.54) is 6.07 Å². The van der Waals surface area contributed by atoms with Crippen molar-refractivity contribution in [2.45, 2.75) is 20.3 Å². The number of hydrogen-bond acceptors (Lipinski definition) is 2. The molecule has 1 aromatic carbocycles. The number of nitrogens with one attached hydrogen (secondary N) is 1. The van der Waals surface area contributed by atoms with Crippen molar-refractivity contribution in [3.05, 3.63) is 28.5 Å². The molecule has 0 heterocycles. The standard InChI is InChI=1S/C13H19BrFNO/c1-10(2)5-7-17-8-6-16-13-9-11(14)3-4-12(13)15/h3-4,9-10,16H,5-8H2,1-2H3. The summed E-state index contributed by atoms with van der Waals surface area (Å²) in [6, 6.07) is 4.84. The van der Waals surface area contributed by atoms with E-state index in [9.17, 15) is 4.39 Å². The van der Waals surface area contributed by atoms with E-state index >= 15 is 0 Å². The van der Waals surface area contributed by atoms with Gasteiger partial charge < -0.3 is 10.1 Å². The molecule has 1 aromatic rings. The molecule has 0 atom stereocenters. The van der Waals surface area contributed by atoms with Gasteiger partial charge in [-0.05, 0) is 30.5 Å². The number of hydrogen-bond donors (Lipinski definition) is 1. The van der Waals surface area contributed by atoms with Crippen LogP contribution in [0.1, 0.15) is 20.3 Å². The fourth-order valence-electron chi connectivity index (χ4n) is 1.31. The first-order valence-electron chi connectivity index (χ1n) is 5.86. The Morgan fingerprint density at radius 1 is 1.35 bits per heavy atom. The van der Waals surface area contributed by atoms with Crippen molar-refractivity contribution >= 4 is 21.6 Å². The van der Waals surface area contributed by atoms with Crippen molar-refractivity contribution in [3.63, 3.8) is 0 Å². The highest BCUT2D eigenvalue weighted by Crippen LogP contribution is 2.19. The zero-order valence-corrected chi connectivity index (χ0v) is 11.9. The van der Waals surface area contributed by atoms with Crippen molar-refractivity contribution in [2.75, 3.05) is 25.1 Å². The van der Waals surface area contributed by atoms with E-state index in [0.29, 0.717) is 24.8 Å². The van der Waals surface area contributed by atoms with Crippen LogP contribution in [-0.4, -0.2) is 19.8 Å². The lowest BCUT2D eigenvalue weighted by Gasteiger charge is -2.09. The van der Waals surface area contributed by atoms with Crippen LogP contribution in [0.3, 0.4) is 0 Å². The monoisotopic (exact) mass is 303 g/mol. The van der Waals surface area contributed by atoms with Gasteiger partial charge in [-0.3, -0.25) is 0 Å². The van der Waals surface area contributed by atoms with Gasteiger partial charge in [0.2, 0.25) is 0 Å². The molecule has 0 amide bonds. The summed E-state index contributed by atoms with van der Waals surface area (Å²) in [6.07, 6.45) is 1.06. The summed E-state index contributed by atoms with van der Waals surface area (Å²) >= 11 is 3.31. The highest BCUT2D eigenvalue weighted by atomic mass is 79.9. The zero-order chi connectivity index (χ0) is 12.7. The summed E-state index contributed by atoms with van der Waals surface area (Å²) in [6.45, 7) is 6.31. The molecule has 0 bridgehead atoms. The molecule has 0 saturated heterocycles. The number of ether oxygens (including phenoxy) is 1. The van der Waals surface area contributed by atoms with Gasteiger partial charge in [-0.2, -0.15) is 0 Å². The summed E-state index contributed by atoms with van der Waals surface area (Å²) in [5, 5.41) is 3.01. The first-order chi connectivity index (χ1) is 8.09. The molecule has 96 valence electrons. The van der Waals surface area contributed by atoms with Crippen molar-refractivity contribution in [3.8, 4) is 0 Å². The maximum Gasteiger partial charge on any atom is 0.146 e. The van der Waals surface area contributed by atoms with E-state index in [-0.39, 0.29) is 5.82 Å². The third-order valence-electron chi connectivity index (χ3n) is 2.33. The minimum atomic E-state index is -0.240. The SMILES string of the molecule is CC(C)CCOCCNc1cc(Br)ccc1F. The van der Waals surface area contributed by atoms with Crippen molar-refractivity contribution < 1.29 is 9.13 Å². The predicted molar refractivity (Wildman–Crippen MR) is 72.9 cm³/mol. The number of halogens is 2. The summed E-state index contributed by atoms with van der Waals surface area (Å²) in [7, 11) is 0. The molecule has 0 fully saturated rings. The second kappa shape index (κ2) is 7.67. The van der Waals surface area contributed by atoms with Gasteiger partial charge in [-0.1, -0.05) is 29.8 Å². The van der Waals surface area contributed by atoms with Crippen LogP contribution in [-0.2, 0) is 4.74 Å². The van der Waals surface area contributed by atoms with Crippen LogP contribution < -0.4 is 5.32 Å². The van der Waals surface area contributed by atoms with Gasteiger partial charge in [0, 0.05) is 17.6 Å². The molecule has 4 heteroatoms. The minimum absolute atomic E-state index is 0.240.